The first-order valence-corrected chi connectivity index (χ1v) is 5.59. The number of carbonyl (C=O) groups excluding carboxylic acids is 1. The zero-order valence-corrected chi connectivity index (χ0v) is 10.8. The van der Waals surface area contributed by atoms with Crippen LogP contribution in [0.2, 0.25) is 0 Å². The van der Waals surface area contributed by atoms with Crippen molar-refractivity contribution >= 4 is 5.91 Å². The van der Waals surface area contributed by atoms with Gasteiger partial charge < -0.3 is 35.5 Å². The standard InChI is InChI=1S/C11H21NO7/c1-5(2)10(18)12(3)11(19)9(17)8(16)7(15)6(14)4-13/h6-9,11,13-17,19H,1,4H2,2-3H3/t6-,7-,8+,9-,11?/m1/s1. The van der Waals surface area contributed by atoms with E-state index in [4.69, 9.17) is 10.2 Å². The van der Waals surface area contributed by atoms with Crippen LogP contribution < -0.4 is 0 Å². The molecule has 19 heavy (non-hydrogen) atoms. The van der Waals surface area contributed by atoms with Crippen LogP contribution in [-0.4, -0.2) is 85.7 Å². The molecule has 0 aliphatic heterocycles. The van der Waals surface area contributed by atoms with Crippen LogP contribution in [0.1, 0.15) is 6.92 Å². The van der Waals surface area contributed by atoms with E-state index in [1.165, 1.54) is 14.0 Å². The molecule has 6 N–H and O–H groups in total. The molecule has 0 fully saturated rings. The summed E-state index contributed by atoms with van der Waals surface area (Å²) in [7, 11) is 1.17. The number of rotatable bonds is 7. The summed E-state index contributed by atoms with van der Waals surface area (Å²) < 4.78 is 0. The second-order valence-electron chi connectivity index (χ2n) is 4.33. The van der Waals surface area contributed by atoms with Crippen LogP contribution in [0.25, 0.3) is 0 Å². The van der Waals surface area contributed by atoms with Crippen LogP contribution in [0.5, 0.6) is 0 Å². The lowest BCUT2D eigenvalue weighted by Crippen LogP contribution is -2.55. The van der Waals surface area contributed by atoms with Crippen LogP contribution in [-0.2, 0) is 4.79 Å². The Morgan fingerprint density at radius 3 is 1.95 bits per heavy atom. The van der Waals surface area contributed by atoms with Crippen molar-refractivity contribution in [2.75, 3.05) is 13.7 Å². The van der Waals surface area contributed by atoms with E-state index in [-0.39, 0.29) is 5.57 Å². The molecule has 0 aromatic rings. The molecule has 0 rings (SSSR count). The number of nitrogens with zero attached hydrogens (tertiary/aromatic N) is 1. The summed E-state index contributed by atoms with van der Waals surface area (Å²) in [6.45, 7) is 3.94. The van der Waals surface area contributed by atoms with Gasteiger partial charge >= 0.3 is 0 Å². The van der Waals surface area contributed by atoms with E-state index < -0.39 is 43.2 Å². The van der Waals surface area contributed by atoms with Gasteiger partial charge in [0.05, 0.1) is 6.61 Å². The van der Waals surface area contributed by atoms with Crippen molar-refractivity contribution in [2.45, 2.75) is 37.6 Å². The Bertz CT molecular complexity index is 322. The number of aliphatic hydroxyl groups is 6. The topological polar surface area (TPSA) is 142 Å². The number of carbonyl (C=O) groups is 1. The molecule has 0 aliphatic rings. The molecule has 0 saturated carbocycles. The predicted molar refractivity (Wildman–Crippen MR) is 64.7 cm³/mol. The lowest BCUT2D eigenvalue weighted by atomic mass is 10.0. The molecule has 1 amide bonds. The average molecular weight is 279 g/mol. The van der Waals surface area contributed by atoms with Gasteiger partial charge in [0.15, 0.2) is 6.23 Å². The van der Waals surface area contributed by atoms with E-state index in [9.17, 15) is 25.2 Å². The second-order valence-corrected chi connectivity index (χ2v) is 4.33. The minimum Gasteiger partial charge on any atom is -0.394 e. The first-order chi connectivity index (χ1) is 8.64. The van der Waals surface area contributed by atoms with Gasteiger partial charge in [0.1, 0.15) is 24.4 Å². The summed E-state index contributed by atoms with van der Waals surface area (Å²) in [6, 6.07) is 0. The molecule has 1 unspecified atom stereocenters. The van der Waals surface area contributed by atoms with Crippen LogP contribution in [0.3, 0.4) is 0 Å². The fourth-order valence-corrected chi connectivity index (χ4v) is 1.36. The largest absolute Gasteiger partial charge is 0.394 e. The van der Waals surface area contributed by atoms with Crippen molar-refractivity contribution in [1.82, 2.24) is 4.90 Å². The zero-order chi connectivity index (χ0) is 15.3. The highest BCUT2D eigenvalue weighted by Crippen LogP contribution is 2.12. The summed E-state index contributed by atoms with van der Waals surface area (Å²) in [5.41, 5.74) is 0.110. The molecular formula is C11H21NO7. The van der Waals surface area contributed by atoms with Crippen LogP contribution in [0.15, 0.2) is 12.2 Å². The summed E-state index contributed by atoms with van der Waals surface area (Å²) >= 11 is 0. The third-order valence-corrected chi connectivity index (χ3v) is 2.67. The van der Waals surface area contributed by atoms with Gasteiger partial charge in [0.25, 0.3) is 5.91 Å². The molecule has 0 aromatic heterocycles. The zero-order valence-electron chi connectivity index (χ0n) is 10.8. The molecule has 8 heteroatoms. The van der Waals surface area contributed by atoms with Crippen molar-refractivity contribution in [3.63, 3.8) is 0 Å². The molecule has 0 heterocycles. The number of hydrogen-bond acceptors (Lipinski definition) is 7. The van der Waals surface area contributed by atoms with Crippen LogP contribution >= 0.6 is 0 Å². The highest BCUT2D eigenvalue weighted by molar-refractivity contribution is 5.92. The molecule has 0 saturated heterocycles. The third-order valence-electron chi connectivity index (χ3n) is 2.67. The summed E-state index contributed by atoms with van der Waals surface area (Å²) in [5, 5.41) is 55.9. The molecule has 0 aliphatic carbocycles. The normalized spacial score (nSPS) is 19.2. The molecule has 0 aromatic carbocycles. The number of aliphatic hydroxyl groups excluding tert-OH is 6. The van der Waals surface area contributed by atoms with E-state index in [1.807, 2.05) is 0 Å². The monoisotopic (exact) mass is 279 g/mol. The predicted octanol–water partition coefficient (Wildman–Crippen LogP) is -3.22. The van der Waals surface area contributed by atoms with Gasteiger partial charge in [0.2, 0.25) is 0 Å². The van der Waals surface area contributed by atoms with Gasteiger partial charge in [-0.2, -0.15) is 0 Å². The maximum Gasteiger partial charge on any atom is 0.250 e. The van der Waals surface area contributed by atoms with Gasteiger partial charge in [-0.15, -0.1) is 0 Å². The molecule has 0 spiro atoms. The average Bonchev–Trinajstić information content (AvgIpc) is 2.40. The molecule has 8 nitrogen and oxygen atoms in total. The van der Waals surface area contributed by atoms with Gasteiger partial charge in [-0.05, 0) is 6.92 Å². The molecule has 0 bridgehead atoms. The van der Waals surface area contributed by atoms with Gasteiger partial charge in [-0.1, -0.05) is 6.58 Å². The van der Waals surface area contributed by atoms with Crippen molar-refractivity contribution in [1.29, 1.82) is 0 Å². The summed E-state index contributed by atoms with van der Waals surface area (Å²) in [5.74, 6) is -0.657. The highest BCUT2D eigenvalue weighted by Gasteiger charge is 2.36. The van der Waals surface area contributed by atoms with Crippen LogP contribution in [0.4, 0.5) is 0 Å². The summed E-state index contributed by atoms with van der Waals surface area (Å²) in [4.78, 5) is 12.2. The number of hydrogen-bond donors (Lipinski definition) is 6. The Balaban J connectivity index is 4.76. The Morgan fingerprint density at radius 2 is 1.58 bits per heavy atom. The minimum absolute atomic E-state index is 0.110. The van der Waals surface area contributed by atoms with Gasteiger partial charge in [-0.3, -0.25) is 4.79 Å². The fourth-order valence-electron chi connectivity index (χ4n) is 1.36. The van der Waals surface area contributed by atoms with Crippen molar-refractivity contribution in [3.8, 4) is 0 Å². The second kappa shape index (κ2) is 7.53. The smallest absolute Gasteiger partial charge is 0.250 e. The maximum absolute atomic E-state index is 11.5. The Kier molecular flexibility index (Phi) is 7.12. The molecular weight excluding hydrogens is 258 g/mol. The number of likely N-dealkylation sites (N-methyl/N-ethyl adjacent to an activating group) is 1. The van der Waals surface area contributed by atoms with E-state index >= 15 is 0 Å². The minimum atomic E-state index is -1.95. The molecule has 112 valence electrons. The Hall–Kier alpha value is -1.03. The first kappa shape index (κ1) is 18.0. The van der Waals surface area contributed by atoms with Gasteiger partial charge in [0, 0.05) is 12.6 Å². The first-order valence-electron chi connectivity index (χ1n) is 5.59. The SMILES string of the molecule is C=C(C)C(=O)N(C)C(O)[C@H](O)[C@@H](O)[C@H](O)[C@H](O)CO. The number of amides is 1. The quantitative estimate of drug-likeness (QED) is 0.212. The lowest BCUT2D eigenvalue weighted by molar-refractivity contribution is -0.173. The Labute approximate surface area is 110 Å². The van der Waals surface area contributed by atoms with Crippen molar-refractivity contribution < 1.29 is 35.4 Å². The molecule has 0 radical (unpaired) electrons. The highest BCUT2D eigenvalue weighted by atomic mass is 16.4. The lowest BCUT2D eigenvalue weighted by Gasteiger charge is -2.32. The van der Waals surface area contributed by atoms with Crippen molar-refractivity contribution in [3.05, 3.63) is 12.2 Å². The van der Waals surface area contributed by atoms with E-state index in [1.54, 1.807) is 0 Å². The van der Waals surface area contributed by atoms with E-state index in [2.05, 4.69) is 6.58 Å². The fraction of sp³-hybridized carbons (Fsp3) is 0.727. The van der Waals surface area contributed by atoms with Crippen LogP contribution in [0, 0.1) is 0 Å². The van der Waals surface area contributed by atoms with E-state index in [0.29, 0.717) is 0 Å². The van der Waals surface area contributed by atoms with Gasteiger partial charge in [-0.25, -0.2) is 0 Å². The third kappa shape index (κ3) is 4.53. The summed E-state index contributed by atoms with van der Waals surface area (Å²) in [6.07, 6.45) is -9.23. The van der Waals surface area contributed by atoms with Crippen molar-refractivity contribution in [2.24, 2.45) is 0 Å². The maximum atomic E-state index is 11.5. The van der Waals surface area contributed by atoms with E-state index in [0.717, 1.165) is 4.90 Å². The molecule has 5 atom stereocenters. The Morgan fingerprint density at radius 1 is 1.11 bits per heavy atom.